The summed E-state index contributed by atoms with van der Waals surface area (Å²) in [5.74, 6) is -71.2. The molecular formula is C66H33BF20O3S4. The fourth-order valence-electron chi connectivity index (χ4n) is 9.96. The van der Waals surface area contributed by atoms with Gasteiger partial charge in [0.15, 0.2) is 120 Å². The average molecular weight is 1390 g/mol. The number of ketones is 3. The molecule has 0 saturated carbocycles. The number of halogens is 20. The normalized spacial score (nSPS) is 11.5. The molecule has 10 rings (SSSR count). The van der Waals surface area contributed by atoms with E-state index in [9.17, 15) is 67.1 Å². The van der Waals surface area contributed by atoms with Crippen molar-refractivity contribution in [3.05, 3.63) is 279 Å². The van der Waals surface area contributed by atoms with E-state index in [0.717, 1.165) is 33.4 Å². The van der Waals surface area contributed by atoms with E-state index in [-0.39, 0.29) is 25.3 Å². The zero-order valence-electron chi connectivity index (χ0n) is 47.4. The van der Waals surface area contributed by atoms with Gasteiger partial charge in [-0.25, -0.2) is 87.8 Å². The minimum Gasteiger partial charge on any atom is -0.295 e. The lowest BCUT2D eigenvalue weighted by Gasteiger charge is -2.44. The van der Waals surface area contributed by atoms with Crippen LogP contribution in [0.25, 0.3) is 33.4 Å². The standard InChI is InChI=1S/C42H33O3S4.C24BF20/c1-28(43)31-4-10-34(11-5-31)37-16-22-40(23-17-37)46-49(47-41-24-18-38(19-25-41)35-12-6-32(7-13-35)29(2)44)48-42-26-20-39(21-27-42)36-14-8-33(9-15-36)30(3)45;26-5-1(6(27)14(35)21(42)13(5)34)25(2-7(28)15(36)22(43)16(37)8(2)29,3-9(30)17(38)23(44)18(39)10(3)31)4-11(32)19(40)24(45)20(41)12(4)33/h4-27H,1-3H3;/q+1;-1. The maximum atomic E-state index is 15.4. The molecule has 0 heterocycles. The van der Waals surface area contributed by atoms with Gasteiger partial charge in [-0.05, 0) is 90.6 Å². The predicted octanol–water partition coefficient (Wildman–Crippen LogP) is 18.2. The highest BCUT2D eigenvalue weighted by Crippen LogP contribution is 2.50. The van der Waals surface area contributed by atoms with Gasteiger partial charge in [0.05, 0.1) is 14.7 Å². The molecule has 0 atom stereocenters. The van der Waals surface area contributed by atoms with E-state index in [1.54, 1.807) is 20.8 Å². The lowest BCUT2D eigenvalue weighted by Crippen LogP contribution is -2.81. The van der Waals surface area contributed by atoms with Crippen LogP contribution in [0.5, 0.6) is 0 Å². The number of carbonyl (C=O) groups is 3. The second kappa shape index (κ2) is 28.1. The Morgan fingerprint density at radius 2 is 0.372 bits per heavy atom. The summed E-state index contributed by atoms with van der Waals surface area (Å²) in [5, 5.41) is 0. The van der Waals surface area contributed by atoms with Gasteiger partial charge in [-0.1, -0.05) is 109 Å². The maximum Gasteiger partial charge on any atom is 0.213 e. The summed E-state index contributed by atoms with van der Waals surface area (Å²) in [6.45, 7) is 4.75. The molecule has 0 aromatic heterocycles. The molecule has 0 unspecified atom stereocenters. The van der Waals surface area contributed by atoms with Crippen molar-refractivity contribution >= 4 is 85.7 Å². The van der Waals surface area contributed by atoms with Gasteiger partial charge in [-0.3, -0.25) is 14.4 Å². The zero-order valence-corrected chi connectivity index (χ0v) is 50.6. The van der Waals surface area contributed by atoms with Crippen molar-refractivity contribution in [1.29, 1.82) is 0 Å². The number of carbonyl (C=O) groups excluding carboxylic acids is 3. The fourth-order valence-corrected chi connectivity index (χ4v) is 19.2. The Hall–Kier alpha value is -8.73. The Morgan fingerprint density at radius 1 is 0.234 bits per heavy atom. The highest BCUT2D eigenvalue weighted by atomic mass is 33.8. The molecule has 10 aromatic rings. The van der Waals surface area contributed by atoms with Gasteiger partial charge in [0.25, 0.3) is 0 Å². The van der Waals surface area contributed by atoms with Crippen LogP contribution in [-0.2, 0) is 7.99 Å². The third kappa shape index (κ3) is 13.1. The summed E-state index contributed by atoms with van der Waals surface area (Å²) in [4.78, 5) is 38.6. The molecule has 0 bridgehead atoms. The van der Waals surface area contributed by atoms with Gasteiger partial charge in [-0.15, -0.1) is 21.9 Å². The van der Waals surface area contributed by atoms with E-state index in [1.165, 1.54) is 14.7 Å². The van der Waals surface area contributed by atoms with E-state index in [2.05, 4.69) is 72.8 Å². The van der Waals surface area contributed by atoms with E-state index >= 15 is 35.1 Å². The van der Waals surface area contributed by atoms with E-state index in [4.69, 9.17) is 0 Å². The van der Waals surface area contributed by atoms with Crippen LogP contribution in [0.15, 0.2) is 160 Å². The van der Waals surface area contributed by atoms with E-state index in [0.29, 0.717) is 16.7 Å². The lowest BCUT2D eigenvalue weighted by molar-refractivity contribution is 0.100. The third-order valence-electron chi connectivity index (χ3n) is 14.6. The first-order valence-electron chi connectivity index (χ1n) is 26.6. The fraction of sp³-hybridized carbons (Fsp3) is 0.0455. The second-order valence-electron chi connectivity index (χ2n) is 20.2. The van der Waals surface area contributed by atoms with Crippen molar-refractivity contribution in [1.82, 2.24) is 0 Å². The molecule has 0 fully saturated rings. The summed E-state index contributed by atoms with van der Waals surface area (Å²) in [5.41, 5.74) is -5.62. The first-order chi connectivity index (χ1) is 44.4. The van der Waals surface area contributed by atoms with Gasteiger partial charge >= 0.3 is 0 Å². The van der Waals surface area contributed by atoms with Crippen molar-refractivity contribution in [3.8, 4) is 33.4 Å². The first kappa shape index (κ1) is 69.6. The van der Waals surface area contributed by atoms with Crippen LogP contribution in [0.2, 0.25) is 0 Å². The molecule has 3 nitrogen and oxygen atoms in total. The third-order valence-corrected chi connectivity index (χ3v) is 23.1. The van der Waals surface area contributed by atoms with Gasteiger partial charge in [0.2, 0.25) is 7.99 Å². The van der Waals surface area contributed by atoms with Gasteiger partial charge in [-0.2, -0.15) is 0 Å². The van der Waals surface area contributed by atoms with Crippen LogP contribution in [0.3, 0.4) is 0 Å². The van der Waals surface area contributed by atoms with Crippen molar-refractivity contribution in [3.63, 3.8) is 0 Å². The van der Waals surface area contributed by atoms with Gasteiger partial charge in [0, 0.05) is 16.7 Å². The highest BCUT2D eigenvalue weighted by Gasteiger charge is 2.52. The topological polar surface area (TPSA) is 51.2 Å². The van der Waals surface area contributed by atoms with Crippen molar-refractivity contribution in [2.75, 3.05) is 0 Å². The highest BCUT2D eigenvalue weighted by molar-refractivity contribution is 9.30. The van der Waals surface area contributed by atoms with E-state index < -0.39 is 144 Å². The molecule has 0 radical (unpaired) electrons. The lowest BCUT2D eigenvalue weighted by atomic mass is 9.12. The molecule has 0 N–H and O–H groups in total. The van der Waals surface area contributed by atoms with Crippen molar-refractivity contribution < 1.29 is 102 Å². The number of benzene rings is 10. The minimum atomic E-state index is -7.22. The summed E-state index contributed by atoms with van der Waals surface area (Å²) in [7, 11) is 5.31. The average Bonchev–Trinajstić information content (AvgIpc) is 0.682. The molecule has 28 heteroatoms. The van der Waals surface area contributed by atoms with Crippen LogP contribution in [0.4, 0.5) is 87.8 Å². The molecule has 0 aliphatic heterocycles. The number of hydrogen-bond donors (Lipinski definition) is 0. The minimum absolute atomic E-state index is 0.0660. The van der Waals surface area contributed by atoms with Crippen LogP contribution in [-0.4, -0.2) is 23.5 Å². The Morgan fingerprint density at radius 3 is 0.521 bits per heavy atom. The van der Waals surface area contributed by atoms with Gasteiger partial charge in [0.1, 0.15) is 52.7 Å². The molecule has 94 heavy (non-hydrogen) atoms. The van der Waals surface area contributed by atoms with E-state index in [1.807, 2.05) is 105 Å². The van der Waals surface area contributed by atoms with Crippen LogP contribution >= 0.6 is 32.4 Å². The number of hydrogen-bond acceptors (Lipinski definition) is 6. The van der Waals surface area contributed by atoms with Crippen molar-refractivity contribution in [2.45, 2.75) is 35.5 Å². The quantitative estimate of drug-likeness (QED) is 0.0183. The zero-order chi connectivity index (χ0) is 68.7. The summed E-state index contributed by atoms with van der Waals surface area (Å²) >= 11 is 0. The molecular weight excluding hydrogens is 1360 g/mol. The smallest absolute Gasteiger partial charge is 0.213 e. The molecule has 10 aromatic carbocycles. The first-order valence-corrected chi connectivity index (χ1v) is 31.8. The number of rotatable bonds is 16. The molecule has 0 spiro atoms. The Bertz CT molecular complexity index is 4020. The van der Waals surface area contributed by atoms with Crippen LogP contribution in [0.1, 0.15) is 51.8 Å². The second-order valence-corrected chi connectivity index (χ2v) is 28.9. The predicted molar refractivity (Wildman–Crippen MR) is 320 cm³/mol. The number of Topliss-reactive ketones (excluding diaryl/α,β-unsaturated/α-hetero) is 3. The summed E-state index contributed by atoms with van der Waals surface area (Å²) in [6, 6.07) is 49.1. The van der Waals surface area contributed by atoms with Gasteiger partial charge < -0.3 is 0 Å². The SMILES string of the molecule is CC(=O)c1ccc(-c2ccc(S[S+](Sc3ccc(-c4ccc(C(C)=O)cc4)cc3)Sc3ccc(-c4ccc(C(C)=O)cc4)cc3)cc2)cc1.Fc1c(F)c(F)c([B-](c2c(F)c(F)c(F)c(F)c2F)(c2c(F)c(F)c(F)c(F)c2F)c2c(F)c(F)c(F)c(F)c2F)c(F)c1F. The monoisotopic (exact) mass is 1390 g/mol. The maximum absolute atomic E-state index is 15.4. The molecule has 482 valence electrons. The molecule has 0 aliphatic rings. The molecule has 0 aliphatic carbocycles. The Balaban J connectivity index is 0.000000222. The Labute approximate surface area is 532 Å². The summed E-state index contributed by atoms with van der Waals surface area (Å²) < 4.78 is 294. The van der Waals surface area contributed by atoms with Crippen LogP contribution in [0, 0.1) is 116 Å². The molecule has 0 amide bonds. The largest absolute Gasteiger partial charge is 0.295 e. The Kier molecular flexibility index (Phi) is 20.8. The van der Waals surface area contributed by atoms with Crippen molar-refractivity contribution in [2.24, 2.45) is 0 Å². The summed E-state index contributed by atoms with van der Waals surface area (Å²) in [6.07, 6.45) is -7.22. The van der Waals surface area contributed by atoms with Crippen LogP contribution < -0.4 is 21.9 Å². The molecule has 0 saturated heterocycles.